The summed E-state index contributed by atoms with van der Waals surface area (Å²) in [6, 6.07) is 15.9. The predicted octanol–water partition coefficient (Wildman–Crippen LogP) is 5.34. The maximum Gasteiger partial charge on any atom is 0.126 e. The SMILES string of the molecule is CC.CCOc1cccc(F)c1.CCOc1ccccc1. The molecule has 0 saturated carbocycles. The van der Waals surface area contributed by atoms with Crippen molar-refractivity contribution < 1.29 is 13.9 Å². The highest BCUT2D eigenvalue weighted by molar-refractivity contribution is 5.22. The van der Waals surface area contributed by atoms with E-state index >= 15 is 0 Å². The Labute approximate surface area is 127 Å². The van der Waals surface area contributed by atoms with Crippen LogP contribution in [0, 0.1) is 5.82 Å². The number of hydrogen-bond acceptors (Lipinski definition) is 2. The zero-order valence-corrected chi connectivity index (χ0v) is 13.3. The van der Waals surface area contributed by atoms with Crippen LogP contribution in [0.1, 0.15) is 27.7 Å². The van der Waals surface area contributed by atoms with Crippen molar-refractivity contribution in [1.29, 1.82) is 0 Å². The minimum atomic E-state index is -0.258. The molecule has 0 spiro atoms. The smallest absolute Gasteiger partial charge is 0.126 e. The highest BCUT2D eigenvalue weighted by Gasteiger charge is 1.91. The van der Waals surface area contributed by atoms with Gasteiger partial charge in [-0.2, -0.15) is 0 Å². The van der Waals surface area contributed by atoms with E-state index in [0.29, 0.717) is 12.4 Å². The summed E-state index contributed by atoms with van der Waals surface area (Å²) in [5.41, 5.74) is 0. The molecule has 0 bridgehead atoms. The Morgan fingerprint density at radius 3 is 1.81 bits per heavy atom. The average Bonchev–Trinajstić information content (AvgIpc) is 2.52. The number of ether oxygens (including phenoxy) is 2. The summed E-state index contributed by atoms with van der Waals surface area (Å²) in [4.78, 5) is 0. The molecule has 2 rings (SSSR count). The molecule has 0 unspecified atom stereocenters. The maximum absolute atomic E-state index is 12.4. The fraction of sp³-hybridized carbons (Fsp3) is 0.333. The van der Waals surface area contributed by atoms with Crippen molar-refractivity contribution in [3.05, 3.63) is 60.4 Å². The minimum absolute atomic E-state index is 0.258. The van der Waals surface area contributed by atoms with Crippen LogP contribution in [0.5, 0.6) is 11.5 Å². The van der Waals surface area contributed by atoms with Crippen molar-refractivity contribution >= 4 is 0 Å². The molecule has 0 N–H and O–H groups in total. The van der Waals surface area contributed by atoms with Gasteiger partial charge in [-0.25, -0.2) is 4.39 Å². The zero-order valence-electron chi connectivity index (χ0n) is 13.3. The van der Waals surface area contributed by atoms with Crippen molar-refractivity contribution in [3.63, 3.8) is 0 Å². The van der Waals surface area contributed by atoms with E-state index in [9.17, 15) is 4.39 Å². The van der Waals surface area contributed by atoms with Gasteiger partial charge in [0.25, 0.3) is 0 Å². The van der Waals surface area contributed by atoms with Gasteiger partial charge in [-0.15, -0.1) is 0 Å². The Hall–Kier alpha value is -2.03. The minimum Gasteiger partial charge on any atom is -0.494 e. The van der Waals surface area contributed by atoms with Crippen molar-refractivity contribution in [2.24, 2.45) is 0 Å². The monoisotopic (exact) mass is 292 g/mol. The van der Waals surface area contributed by atoms with E-state index in [4.69, 9.17) is 9.47 Å². The molecule has 0 saturated heterocycles. The number of halogens is 1. The summed E-state index contributed by atoms with van der Waals surface area (Å²) in [5, 5.41) is 0. The lowest BCUT2D eigenvalue weighted by atomic mass is 10.3. The van der Waals surface area contributed by atoms with Crippen molar-refractivity contribution in [3.8, 4) is 11.5 Å². The summed E-state index contributed by atoms with van der Waals surface area (Å²) < 4.78 is 22.7. The molecule has 116 valence electrons. The van der Waals surface area contributed by atoms with Crippen molar-refractivity contribution in [2.75, 3.05) is 13.2 Å². The number of benzene rings is 2. The molecule has 0 aliphatic rings. The Morgan fingerprint density at radius 2 is 1.29 bits per heavy atom. The molecule has 0 aliphatic heterocycles. The third kappa shape index (κ3) is 9.50. The van der Waals surface area contributed by atoms with E-state index in [1.165, 1.54) is 12.1 Å². The van der Waals surface area contributed by atoms with Gasteiger partial charge in [0.1, 0.15) is 17.3 Å². The highest BCUT2D eigenvalue weighted by Crippen LogP contribution is 2.11. The first-order valence-corrected chi connectivity index (χ1v) is 7.32. The van der Waals surface area contributed by atoms with Crippen LogP contribution in [0.2, 0.25) is 0 Å². The predicted molar refractivity (Wildman–Crippen MR) is 86.5 cm³/mol. The first-order valence-electron chi connectivity index (χ1n) is 7.32. The summed E-state index contributed by atoms with van der Waals surface area (Å²) in [5.74, 6) is 1.27. The van der Waals surface area contributed by atoms with E-state index in [-0.39, 0.29) is 5.82 Å². The van der Waals surface area contributed by atoms with E-state index in [1.54, 1.807) is 12.1 Å². The van der Waals surface area contributed by atoms with Crippen LogP contribution in [0.15, 0.2) is 54.6 Å². The fourth-order valence-corrected chi connectivity index (χ4v) is 1.41. The van der Waals surface area contributed by atoms with E-state index in [1.807, 2.05) is 58.0 Å². The molecule has 21 heavy (non-hydrogen) atoms. The van der Waals surface area contributed by atoms with Gasteiger partial charge in [-0.3, -0.25) is 0 Å². The lowest BCUT2D eigenvalue weighted by molar-refractivity contribution is 0.338. The largest absolute Gasteiger partial charge is 0.494 e. The second kappa shape index (κ2) is 13.0. The van der Waals surface area contributed by atoms with Gasteiger partial charge in [0.2, 0.25) is 0 Å². The molecule has 2 aromatic carbocycles. The molecule has 2 aromatic rings. The third-order valence-corrected chi connectivity index (χ3v) is 2.16. The van der Waals surface area contributed by atoms with E-state index in [0.717, 1.165) is 12.4 Å². The zero-order chi connectivity index (χ0) is 15.9. The van der Waals surface area contributed by atoms with Crippen LogP contribution in [0.25, 0.3) is 0 Å². The number of rotatable bonds is 4. The summed E-state index contributed by atoms with van der Waals surface area (Å²) in [7, 11) is 0. The second-order valence-electron chi connectivity index (χ2n) is 3.64. The number of para-hydroxylation sites is 1. The Morgan fingerprint density at radius 1 is 0.762 bits per heavy atom. The first-order chi connectivity index (χ1) is 10.3. The molecule has 0 aromatic heterocycles. The third-order valence-electron chi connectivity index (χ3n) is 2.16. The topological polar surface area (TPSA) is 18.5 Å². The fourth-order valence-electron chi connectivity index (χ4n) is 1.41. The summed E-state index contributed by atoms with van der Waals surface area (Å²) in [6.45, 7) is 9.16. The lowest BCUT2D eigenvalue weighted by Gasteiger charge is -2.00. The second-order valence-corrected chi connectivity index (χ2v) is 3.64. The Bertz CT molecular complexity index is 458. The van der Waals surface area contributed by atoms with Crippen LogP contribution < -0.4 is 9.47 Å². The standard InChI is InChI=1S/C8H9FO.C8H10O.C2H6/c1-2-10-8-5-3-4-7(9)6-8;1-2-9-8-6-4-3-5-7-8;1-2/h3-6H,2H2,1H3;3-7H,2H2,1H3;1-2H3. The molecule has 0 aliphatic carbocycles. The summed E-state index contributed by atoms with van der Waals surface area (Å²) in [6.07, 6.45) is 0. The molecule has 2 nitrogen and oxygen atoms in total. The molecule has 0 amide bonds. The van der Waals surface area contributed by atoms with Crippen LogP contribution >= 0.6 is 0 Å². The molecule has 0 radical (unpaired) electrons. The Kier molecular flexibility index (Phi) is 11.7. The van der Waals surface area contributed by atoms with Crippen LogP contribution in [-0.4, -0.2) is 13.2 Å². The molecule has 0 heterocycles. The van der Waals surface area contributed by atoms with E-state index < -0.39 is 0 Å². The van der Waals surface area contributed by atoms with Gasteiger partial charge < -0.3 is 9.47 Å². The van der Waals surface area contributed by atoms with Crippen molar-refractivity contribution in [1.82, 2.24) is 0 Å². The van der Waals surface area contributed by atoms with Gasteiger partial charge in [0.05, 0.1) is 13.2 Å². The Balaban J connectivity index is 0.000000342. The number of hydrogen-bond donors (Lipinski definition) is 0. The quantitative estimate of drug-likeness (QED) is 0.757. The van der Waals surface area contributed by atoms with Gasteiger partial charge in [0, 0.05) is 6.07 Å². The lowest BCUT2D eigenvalue weighted by Crippen LogP contribution is -1.90. The highest BCUT2D eigenvalue weighted by atomic mass is 19.1. The maximum atomic E-state index is 12.4. The van der Waals surface area contributed by atoms with Gasteiger partial charge in [-0.1, -0.05) is 38.1 Å². The van der Waals surface area contributed by atoms with Crippen LogP contribution in [0.3, 0.4) is 0 Å². The van der Waals surface area contributed by atoms with Crippen LogP contribution in [0.4, 0.5) is 4.39 Å². The van der Waals surface area contributed by atoms with Gasteiger partial charge >= 0.3 is 0 Å². The molecule has 0 atom stereocenters. The average molecular weight is 292 g/mol. The molecule has 0 fully saturated rings. The molecule has 3 heteroatoms. The molecular formula is C18H25FO2. The van der Waals surface area contributed by atoms with Crippen LogP contribution in [-0.2, 0) is 0 Å². The summed E-state index contributed by atoms with van der Waals surface area (Å²) >= 11 is 0. The molecular weight excluding hydrogens is 267 g/mol. The van der Waals surface area contributed by atoms with Crippen molar-refractivity contribution in [2.45, 2.75) is 27.7 Å². The van der Waals surface area contributed by atoms with Gasteiger partial charge in [-0.05, 0) is 38.1 Å². The first kappa shape index (κ1) is 19.0. The normalized spacial score (nSPS) is 8.62. The van der Waals surface area contributed by atoms with E-state index in [2.05, 4.69) is 0 Å². The van der Waals surface area contributed by atoms with Gasteiger partial charge in [0.15, 0.2) is 0 Å².